The first-order valence-electron chi connectivity index (χ1n) is 7.82. The van der Waals surface area contributed by atoms with Crippen molar-refractivity contribution in [1.29, 1.82) is 0 Å². The lowest BCUT2D eigenvalue weighted by molar-refractivity contribution is 0.240. The zero-order valence-corrected chi connectivity index (χ0v) is 12.0. The van der Waals surface area contributed by atoms with Crippen LogP contribution in [-0.4, -0.2) is 12.6 Å². The molecule has 1 aromatic rings. The summed E-state index contributed by atoms with van der Waals surface area (Å²) in [5.41, 5.74) is 0.970. The molecule has 1 nitrogen and oxygen atoms in total. The highest BCUT2D eigenvalue weighted by Gasteiger charge is 2.31. The Morgan fingerprint density at radius 1 is 1.10 bits per heavy atom. The maximum absolute atomic E-state index is 13.5. The van der Waals surface area contributed by atoms with Crippen LogP contribution < -0.4 is 5.32 Å². The van der Waals surface area contributed by atoms with Gasteiger partial charge in [0.1, 0.15) is 0 Å². The quantitative estimate of drug-likeness (QED) is 0.869. The topological polar surface area (TPSA) is 12.0 Å². The maximum Gasteiger partial charge on any atom is 0.159 e. The number of hydrogen-bond acceptors (Lipinski definition) is 1. The minimum atomic E-state index is -0.745. The largest absolute Gasteiger partial charge is 0.314 e. The highest BCUT2D eigenvalue weighted by molar-refractivity contribution is 5.23. The second-order valence-electron chi connectivity index (χ2n) is 6.64. The Kier molecular flexibility index (Phi) is 4.06. The molecule has 0 bridgehead atoms. The molecule has 1 N–H and O–H groups in total. The smallest absolute Gasteiger partial charge is 0.159 e. The van der Waals surface area contributed by atoms with Gasteiger partial charge in [-0.1, -0.05) is 19.4 Å². The molecule has 2 saturated carbocycles. The first-order valence-corrected chi connectivity index (χ1v) is 7.82. The van der Waals surface area contributed by atoms with Crippen molar-refractivity contribution in [3.05, 3.63) is 35.4 Å². The number of hydrogen-bond donors (Lipinski definition) is 1. The molecule has 110 valence electrons. The van der Waals surface area contributed by atoms with Gasteiger partial charge in [-0.3, -0.25) is 0 Å². The lowest BCUT2D eigenvalue weighted by Crippen LogP contribution is -2.32. The predicted molar refractivity (Wildman–Crippen MR) is 76.6 cm³/mol. The van der Waals surface area contributed by atoms with Gasteiger partial charge >= 0.3 is 0 Å². The summed E-state index contributed by atoms with van der Waals surface area (Å²) < 4.78 is 26.6. The van der Waals surface area contributed by atoms with Crippen molar-refractivity contribution in [1.82, 2.24) is 5.32 Å². The van der Waals surface area contributed by atoms with Crippen LogP contribution in [0.3, 0.4) is 0 Å². The molecule has 3 rings (SSSR count). The van der Waals surface area contributed by atoms with E-state index < -0.39 is 11.6 Å². The number of nitrogens with one attached hydrogen (secondary N) is 1. The van der Waals surface area contributed by atoms with Gasteiger partial charge in [0, 0.05) is 6.04 Å². The van der Waals surface area contributed by atoms with Gasteiger partial charge in [-0.05, 0) is 67.7 Å². The molecule has 0 aromatic heterocycles. The van der Waals surface area contributed by atoms with Crippen molar-refractivity contribution in [2.24, 2.45) is 11.8 Å². The third-order valence-corrected chi connectivity index (χ3v) is 4.87. The van der Waals surface area contributed by atoms with Crippen molar-refractivity contribution in [3.8, 4) is 0 Å². The first-order chi connectivity index (χ1) is 9.63. The van der Waals surface area contributed by atoms with Crippen molar-refractivity contribution < 1.29 is 8.78 Å². The Balaban J connectivity index is 1.75. The van der Waals surface area contributed by atoms with Crippen molar-refractivity contribution in [2.75, 3.05) is 6.54 Å². The van der Waals surface area contributed by atoms with Gasteiger partial charge in [0.2, 0.25) is 0 Å². The van der Waals surface area contributed by atoms with Crippen LogP contribution in [0, 0.1) is 23.5 Å². The van der Waals surface area contributed by atoms with Crippen LogP contribution in [0.5, 0.6) is 0 Å². The number of halogens is 2. The van der Waals surface area contributed by atoms with E-state index in [0.29, 0.717) is 23.8 Å². The van der Waals surface area contributed by atoms with E-state index in [2.05, 4.69) is 12.2 Å². The van der Waals surface area contributed by atoms with E-state index in [9.17, 15) is 8.78 Å². The summed E-state index contributed by atoms with van der Waals surface area (Å²) in [4.78, 5) is 0. The fraction of sp³-hybridized carbons (Fsp3) is 0.647. The lowest BCUT2D eigenvalue weighted by atomic mass is 9.71. The lowest BCUT2D eigenvalue weighted by Gasteiger charge is -2.35. The van der Waals surface area contributed by atoms with E-state index in [4.69, 9.17) is 0 Å². The van der Waals surface area contributed by atoms with E-state index in [1.165, 1.54) is 37.8 Å². The van der Waals surface area contributed by atoms with Gasteiger partial charge in [0.15, 0.2) is 11.6 Å². The minimum absolute atomic E-state index is 0.361. The summed E-state index contributed by atoms with van der Waals surface area (Å²) in [7, 11) is 0. The highest BCUT2D eigenvalue weighted by atomic mass is 19.2. The number of rotatable bonds is 4. The van der Waals surface area contributed by atoms with Crippen LogP contribution in [0.2, 0.25) is 0 Å². The summed E-state index contributed by atoms with van der Waals surface area (Å²) in [6.45, 7) is 3.28. The molecule has 3 atom stereocenters. The molecule has 0 heterocycles. The first kappa shape index (κ1) is 14.0. The molecular formula is C17H23F2N. The van der Waals surface area contributed by atoms with Crippen LogP contribution in [0.1, 0.15) is 50.5 Å². The normalized spacial score (nSPS) is 30.4. The van der Waals surface area contributed by atoms with Gasteiger partial charge in [-0.25, -0.2) is 8.78 Å². The van der Waals surface area contributed by atoms with Gasteiger partial charge < -0.3 is 5.32 Å². The fourth-order valence-corrected chi connectivity index (χ4v) is 3.44. The van der Waals surface area contributed by atoms with Crippen molar-refractivity contribution in [3.63, 3.8) is 0 Å². The van der Waals surface area contributed by atoms with Crippen LogP contribution >= 0.6 is 0 Å². The molecular weight excluding hydrogens is 256 g/mol. The molecule has 1 aromatic carbocycles. The van der Waals surface area contributed by atoms with Gasteiger partial charge in [0.05, 0.1) is 0 Å². The standard InChI is InChI=1S/C17H23F2N/c1-11-2-3-13(10-20-14-5-6-14)15(8-11)12-4-7-16(18)17(19)9-12/h4,7,9,11,13-15,20H,2-3,5-6,8,10H2,1H3. The molecule has 0 amide bonds. The van der Waals surface area contributed by atoms with E-state index in [0.717, 1.165) is 18.5 Å². The van der Waals surface area contributed by atoms with Crippen LogP contribution in [-0.2, 0) is 0 Å². The maximum atomic E-state index is 13.5. The second kappa shape index (κ2) is 5.80. The fourth-order valence-electron chi connectivity index (χ4n) is 3.44. The summed E-state index contributed by atoms with van der Waals surface area (Å²) in [6.07, 6.45) is 6.10. The monoisotopic (exact) mass is 279 g/mol. The number of benzene rings is 1. The summed E-state index contributed by atoms with van der Waals surface area (Å²) in [5, 5.41) is 3.60. The third-order valence-electron chi connectivity index (χ3n) is 4.87. The zero-order chi connectivity index (χ0) is 14.1. The molecule has 2 aliphatic rings. The van der Waals surface area contributed by atoms with Crippen LogP contribution in [0.4, 0.5) is 8.78 Å². The van der Waals surface area contributed by atoms with Crippen molar-refractivity contribution >= 4 is 0 Å². The Labute approximate surface area is 119 Å². The predicted octanol–water partition coefficient (Wildman–Crippen LogP) is 4.24. The molecule has 0 radical (unpaired) electrons. The molecule has 2 fully saturated rings. The Morgan fingerprint density at radius 2 is 1.90 bits per heavy atom. The Hall–Kier alpha value is -0.960. The van der Waals surface area contributed by atoms with Crippen LogP contribution in [0.25, 0.3) is 0 Å². The third kappa shape index (κ3) is 3.20. The SMILES string of the molecule is CC1CCC(CNC2CC2)C(c2ccc(F)c(F)c2)C1. The van der Waals surface area contributed by atoms with E-state index >= 15 is 0 Å². The van der Waals surface area contributed by atoms with E-state index in [1.54, 1.807) is 6.07 Å². The molecule has 0 saturated heterocycles. The van der Waals surface area contributed by atoms with Gasteiger partial charge in [0.25, 0.3) is 0 Å². The molecule has 2 aliphatic carbocycles. The van der Waals surface area contributed by atoms with Gasteiger partial charge in [-0.15, -0.1) is 0 Å². The zero-order valence-electron chi connectivity index (χ0n) is 12.0. The molecule has 20 heavy (non-hydrogen) atoms. The van der Waals surface area contributed by atoms with Crippen molar-refractivity contribution in [2.45, 2.75) is 51.0 Å². The minimum Gasteiger partial charge on any atom is -0.314 e. The average Bonchev–Trinajstić information content (AvgIpc) is 3.24. The summed E-state index contributed by atoms with van der Waals surface area (Å²) in [5.74, 6) is 0.127. The van der Waals surface area contributed by atoms with E-state index in [1.807, 2.05) is 0 Å². The molecule has 0 aliphatic heterocycles. The highest BCUT2D eigenvalue weighted by Crippen LogP contribution is 2.40. The summed E-state index contributed by atoms with van der Waals surface area (Å²) >= 11 is 0. The van der Waals surface area contributed by atoms with E-state index in [-0.39, 0.29) is 0 Å². The molecule has 3 unspecified atom stereocenters. The Morgan fingerprint density at radius 3 is 2.60 bits per heavy atom. The van der Waals surface area contributed by atoms with Gasteiger partial charge in [-0.2, -0.15) is 0 Å². The molecule has 3 heteroatoms. The second-order valence-corrected chi connectivity index (χ2v) is 6.64. The van der Waals surface area contributed by atoms with Crippen LogP contribution in [0.15, 0.2) is 18.2 Å². The summed E-state index contributed by atoms with van der Waals surface area (Å²) in [6, 6.07) is 5.16. The Bertz CT molecular complexity index is 470. The average molecular weight is 279 g/mol. The molecule has 0 spiro atoms.